The van der Waals surface area contributed by atoms with Gasteiger partial charge in [-0.25, -0.2) is 0 Å². The van der Waals surface area contributed by atoms with Crippen LogP contribution in [0.4, 0.5) is 0 Å². The lowest BCUT2D eigenvalue weighted by molar-refractivity contribution is -0.138. The molecule has 0 N–H and O–H groups in total. The van der Waals surface area contributed by atoms with Crippen LogP contribution in [0, 0.1) is 17.8 Å². The average Bonchev–Trinajstić information content (AvgIpc) is 2.96. The van der Waals surface area contributed by atoms with Crippen LogP contribution in [0.2, 0.25) is 0 Å². The minimum Gasteiger partial charge on any atom is -0.493 e. The Morgan fingerprint density at radius 2 is 1.59 bits per heavy atom. The highest BCUT2D eigenvalue weighted by molar-refractivity contribution is 6.35. The predicted molar refractivity (Wildman–Crippen MR) is 126 cm³/mol. The van der Waals surface area contributed by atoms with Crippen molar-refractivity contribution in [2.75, 3.05) is 32.8 Å². The number of imide groups is 1. The third kappa shape index (κ3) is 5.71. The molecule has 2 heterocycles. The summed E-state index contributed by atoms with van der Waals surface area (Å²) in [6.07, 6.45) is 1.19. The van der Waals surface area contributed by atoms with E-state index < -0.39 is 0 Å². The van der Waals surface area contributed by atoms with E-state index in [1.807, 2.05) is 38.1 Å². The molecule has 2 atom stereocenters. The van der Waals surface area contributed by atoms with Crippen LogP contribution in [0.3, 0.4) is 0 Å². The SMILES string of the molecule is CC(C)COc1ccc(C2=C(N3CC(C)CC(C)C3)C(=O)N(CCOC(C)C)C2=O)cc1. The van der Waals surface area contributed by atoms with Gasteiger partial charge in [0, 0.05) is 13.1 Å². The third-order valence-electron chi connectivity index (χ3n) is 5.82. The Bertz CT molecular complexity index is 834. The van der Waals surface area contributed by atoms with Gasteiger partial charge in [0.05, 0.1) is 31.4 Å². The Morgan fingerprint density at radius 3 is 2.16 bits per heavy atom. The second kappa shape index (κ2) is 10.5. The number of amides is 2. The van der Waals surface area contributed by atoms with Gasteiger partial charge in [-0.05, 0) is 55.7 Å². The highest BCUT2D eigenvalue weighted by atomic mass is 16.5. The molecule has 0 bridgehead atoms. The van der Waals surface area contributed by atoms with E-state index in [4.69, 9.17) is 9.47 Å². The standard InChI is InChI=1S/C26H38N2O4/c1-17(2)16-32-22-9-7-21(8-10-22)23-24(27-14-19(5)13-20(6)15-27)26(30)28(25(23)29)11-12-31-18(3)4/h7-10,17-20H,11-16H2,1-6H3. The van der Waals surface area contributed by atoms with Crippen molar-refractivity contribution in [3.63, 3.8) is 0 Å². The van der Waals surface area contributed by atoms with E-state index in [-0.39, 0.29) is 24.5 Å². The van der Waals surface area contributed by atoms with Crippen LogP contribution in [0.15, 0.2) is 30.0 Å². The first-order chi connectivity index (χ1) is 15.2. The van der Waals surface area contributed by atoms with Gasteiger partial charge in [-0.2, -0.15) is 0 Å². The van der Waals surface area contributed by atoms with Crippen molar-refractivity contribution >= 4 is 17.4 Å². The predicted octanol–water partition coefficient (Wildman–Crippen LogP) is 4.20. The third-order valence-corrected chi connectivity index (χ3v) is 5.82. The molecule has 0 saturated carbocycles. The topological polar surface area (TPSA) is 59.1 Å². The number of benzene rings is 1. The van der Waals surface area contributed by atoms with Crippen molar-refractivity contribution in [2.45, 2.75) is 54.1 Å². The number of carbonyl (C=O) groups excluding carboxylic acids is 2. The maximum absolute atomic E-state index is 13.5. The highest BCUT2D eigenvalue weighted by Gasteiger charge is 2.42. The van der Waals surface area contributed by atoms with Crippen LogP contribution >= 0.6 is 0 Å². The fourth-order valence-electron chi connectivity index (χ4n) is 4.53. The molecule has 32 heavy (non-hydrogen) atoms. The van der Waals surface area contributed by atoms with Crippen LogP contribution in [0.25, 0.3) is 5.57 Å². The van der Waals surface area contributed by atoms with E-state index in [2.05, 4.69) is 32.6 Å². The Hall–Kier alpha value is -2.34. The molecule has 6 heteroatoms. The molecule has 1 saturated heterocycles. The molecule has 1 fully saturated rings. The minimum atomic E-state index is -0.237. The van der Waals surface area contributed by atoms with Crippen molar-refractivity contribution in [1.82, 2.24) is 9.80 Å². The number of carbonyl (C=O) groups is 2. The number of ether oxygens (including phenoxy) is 2. The Labute approximate surface area is 192 Å². The normalized spacial score (nSPS) is 22.0. The molecule has 2 unspecified atom stereocenters. The van der Waals surface area contributed by atoms with Crippen molar-refractivity contribution < 1.29 is 19.1 Å². The summed E-state index contributed by atoms with van der Waals surface area (Å²) < 4.78 is 11.4. The van der Waals surface area contributed by atoms with Gasteiger partial charge in [0.1, 0.15) is 11.4 Å². The lowest BCUT2D eigenvalue weighted by atomic mass is 9.91. The van der Waals surface area contributed by atoms with Gasteiger partial charge in [-0.15, -0.1) is 0 Å². The van der Waals surface area contributed by atoms with Gasteiger partial charge in [0.15, 0.2) is 0 Å². The molecule has 0 aliphatic carbocycles. The van der Waals surface area contributed by atoms with Crippen molar-refractivity contribution in [3.05, 3.63) is 35.5 Å². The van der Waals surface area contributed by atoms with E-state index in [1.165, 1.54) is 4.90 Å². The molecule has 2 amide bonds. The van der Waals surface area contributed by atoms with Crippen LogP contribution in [-0.4, -0.2) is 60.6 Å². The molecule has 3 rings (SSSR count). The second-order valence-electron chi connectivity index (χ2n) is 9.99. The summed E-state index contributed by atoms with van der Waals surface area (Å²) in [6.45, 7) is 15.3. The first-order valence-electron chi connectivity index (χ1n) is 11.9. The number of nitrogens with zero attached hydrogens (tertiary/aromatic N) is 2. The van der Waals surface area contributed by atoms with Crippen molar-refractivity contribution in [3.8, 4) is 5.75 Å². The van der Waals surface area contributed by atoms with Crippen LogP contribution in [0.1, 0.15) is 53.5 Å². The summed E-state index contributed by atoms with van der Waals surface area (Å²) in [6, 6.07) is 7.54. The molecule has 1 aromatic rings. The molecular formula is C26H38N2O4. The monoisotopic (exact) mass is 442 g/mol. The van der Waals surface area contributed by atoms with Gasteiger partial charge in [0.2, 0.25) is 0 Å². The van der Waals surface area contributed by atoms with E-state index in [0.29, 0.717) is 42.2 Å². The Balaban J connectivity index is 1.91. The van der Waals surface area contributed by atoms with Gasteiger partial charge in [0.25, 0.3) is 11.8 Å². The van der Waals surface area contributed by atoms with Gasteiger partial charge >= 0.3 is 0 Å². The number of hydrogen-bond donors (Lipinski definition) is 0. The zero-order valence-electron chi connectivity index (χ0n) is 20.4. The Morgan fingerprint density at radius 1 is 0.969 bits per heavy atom. The van der Waals surface area contributed by atoms with E-state index in [0.717, 1.165) is 30.8 Å². The van der Waals surface area contributed by atoms with Gasteiger partial charge < -0.3 is 14.4 Å². The van der Waals surface area contributed by atoms with E-state index in [1.54, 1.807) is 0 Å². The molecule has 2 aliphatic rings. The zero-order chi connectivity index (χ0) is 23.4. The van der Waals surface area contributed by atoms with Crippen LogP contribution in [0.5, 0.6) is 5.75 Å². The summed E-state index contributed by atoms with van der Waals surface area (Å²) in [5.41, 5.74) is 1.79. The number of piperidine rings is 1. The molecule has 0 radical (unpaired) electrons. The molecule has 1 aromatic carbocycles. The molecule has 6 nitrogen and oxygen atoms in total. The fraction of sp³-hybridized carbons (Fsp3) is 0.615. The maximum Gasteiger partial charge on any atom is 0.277 e. The summed E-state index contributed by atoms with van der Waals surface area (Å²) in [5, 5.41) is 0. The summed E-state index contributed by atoms with van der Waals surface area (Å²) in [7, 11) is 0. The molecule has 0 spiro atoms. The quantitative estimate of drug-likeness (QED) is 0.537. The first kappa shape index (κ1) is 24.3. The highest BCUT2D eigenvalue weighted by Crippen LogP contribution is 2.35. The largest absolute Gasteiger partial charge is 0.493 e. The van der Waals surface area contributed by atoms with Crippen LogP contribution < -0.4 is 4.74 Å². The minimum absolute atomic E-state index is 0.0527. The first-order valence-corrected chi connectivity index (χ1v) is 11.9. The second-order valence-corrected chi connectivity index (χ2v) is 9.99. The summed E-state index contributed by atoms with van der Waals surface area (Å²) in [4.78, 5) is 30.4. The van der Waals surface area contributed by atoms with E-state index >= 15 is 0 Å². The molecular weight excluding hydrogens is 404 g/mol. The van der Waals surface area contributed by atoms with Crippen LogP contribution in [-0.2, 0) is 14.3 Å². The molecule has 176 valence electrons. The van der Waals surface area contributed by atoms with E-state index in [9.17, 15) is 9.59 Å². The van der Waals surface area contributed by atoms with Gasteiger partial charge in [-0.1, -0.05) is 39.8 Å². The molecule has 2 aliphatic heterocycles. The smallest absolute Gasteiger partial charge is 0.277 e. The summed E-state index contributed by atoms with van der Waals surface area (Å²) >= 11 is 0. The Kier molecular flexibility index (Phi) is 7.99. The average molecular weight is 443 g/mol. The van der Waals surface area contributed by atoms with Crippen molar-refractivity contribution in [2.24, 2.45) is 17.8 Å². The number of likely N-dealkylation sites (tertiary alicyclic amines) is 1. The maximum atomic E-state index is 13.5. The van der Waals surface area contributed by atoms with Crippen molar-refractivity contribution in [1.29, 1.82) is 0 Å². The van der Waals surface area contributed by atoms with Gasteiger partial charge in [-0.3, -0.25) is 14.5 Å². The fourth-order valence-corrected chi connectivity index (χ4v) is 4.53. The lowest BCUT2D eigenvalue weighted by Crippen LogP contribution is -2.42. The lowest BCUT2D eigenvalue weighted by Gasteiger charge is -2.37. The molecule has 0 aromatic heterocycles. The number of rotatable bonds is 9. The zero-order valence-corrected chi connectivity index (χ0v) is 20.4. The number of hydrogen-bond acceptors (Lipinski definition) is 5. The summed E-state index contributed by atoms with van der Waals surface area (Å²) in [5.74, 6) is 1.70.